The van der Waals surface area contributed by atoms with Crippen LogP contribution in [0.2, 0.25) is 5.02 Å². The van der Waals surface area contributed by atoms with E-state index in [4.69, 9.17) is 11.6 Å². The lowest BCUT2D eigenvalue weighted by Gasteiger charge is -2.19. The van der Waals surface area contributed by atoms with Crippen molar-refractivity contribution in [3.8, 4) is 0 Å². The number of carbonyl (C=O) groups excluding carboxylic acids is 2. The Hall–Kier alpha value is -1.59. The highest BCUT2D eigenvalue weighted by Gasteiger charge is 2.12. The van der Waals surface area contributed by atoms with Crippen LogP contribution in [-0.4, -0.2) is 43.5 Å². The molecular weight excluding hydrogens is 280 g/mol. The minimum absolute atomic E-state index is 0.162. The van der Waals surface area contributed by atoms with Gasteiger partial charge in [-0.3, -0.25) is 14.5 Å². The number of esters is 1. The summed E-state index contributed by atoms with van der Waals surface area (Å²) in [5.41, 5.74) is 0.586. The van der Waals surface area contributed by atoms with Gasteiger partial charge in [0.2, 0.25) is 5.91 Å². The summed E-state index contributed by atoms with van der Waals surface area (Å²) in [4.78, 5) is 24.9. The normalized spacial score (nSPS) is 10.4. The van der Waals surface area contributed by atoms with Crippen LogP contribution in [0, 0.1) is 0 Å². The fourth-order valence-corrected chi connectivity index (χ4v) is 1.84. The summed E-state index contributed by atoms with van der Waals surface area (Å²) in [6.45, 7) is 3.30. The third-order valence-corrected chi connectivity index (χ3v) is 3.15. The molecular formula is C14H19ClN2O3. The maximum atomic E-state index is 11.9. The monoisotopic (exact) mass is 298 g/mol. The standard InChI is InChI=1S/C14H19ClN2O3/c1-3-17(9-8-14(19)20-2)10-13(18)16-12-7-5-4-6-11(12)15/h4-7H,3,8-10H2,1-2H3,(H,16,18). The van der Waals surface area contributed by atoms with Crippen LogP contribution in [0.5, 0.6) is 0 Å². The Bertz CT molecular complexity index is 465. The van der Waals surface area contributed by atoms with Crippen molar-refractivity contribution in [3.05, 3.63) is 29.3 Å². The number of rotatable bonds is 7. The van der Waals surface area contributed by atoms with Crippen LogP contribution in [0.4, 0.5) is 5.69 Å². The number of likely N-dealkylation sites (N-methyl/N-ethyl adjacent to an activating group) is 1. The highest BCUT2D eigenvalue weighted by atomic mass is 35.5. The van der Waals surface area contributed by atoms with Crippen molar-refractivity contribution in [1.29, 1.82) is 0 Å². The van der Waals surface area contributed by atoms with Crippen molar-refractivity contribution in [3.63, 3.8) is 0 Å². The Morgan fingerprint density at radius 3 is 2.65 bits per heavy atom. The molecule has 1 aromatic carbocycles. The first-order valence-electron chi connectivity index (χ1n) is 6.40. The first-order chi connectivity index (χ1) is 9.56. The maximum absolute atomic E-state index is 11.9. The number of ether oxygens (including phenoxy) is 1. The second-order valence-electron chi connectivity index (χ2n) is 4.22. The largest absolute Gasteiger partial charge is 0.469 e. The molecule has 1 aromatic rings. The number of methoxy groups -OCH3 is 1. The lowest BCUT2D eigenvalue weighted by molar-refractivity contribution is -0.141. The molecule has 0 unspecified atom stereocenters. The van der Waals surface area contributed by atoms with Crippen LogP contribution >= 0.6 is 11.6 Å². The van der Waals surface area contributed by atoms with E-state index in [0.717, 1.165) is 0 Å². The molecule has 0 aliphatic rings. The van der Waals surface area contributed by atoms with Crippen LogP contribution in [-0.2, 0) is 14.3 Å². The first-order valence-corrected chi connectivity index (χ1v) is 6.78. The van der Waals surface area contributed by atoms with E-state index in [-0.39, 0.29) is 24.8 Å². The number of halogens is 1. The third-order valence-electron chi connectivity index (χ3n) is 2.82. The number of para-hydroxylation sites is 1. The number of hydrogen-bond acceptors (Lipinski definition) is 4. The van der Waals surface area contributed by atoms with Crippen molar-refractivity contribution in [1.82, 2.24) is 4.90 Å². The second-order valence-corrected chi connectivity index (χ2v) is 4.63. The molecule has 0 saturated heterocycles. The van der Waals surface area contributed by atoms with E-state index >= 15 is 0 Å². The summed E-state index contributed by atoms with van der Waals surface area (Å²) in [5.74, 6) is -0.445. The van der Waals surface area contributed by atoms with Gasteiger partial charge in [-0.25, -0.2) is 0 Å². The predicted octanol–water partition coefficient (Wildman–Crippen LogP) is 2.16. The fourth-order valence-electron chi connectivity index (χ4n) is 1.66. The molecule has 0 radical (unpaired) electrons. The molecule has 0 bridgehead atoms. The van der Waals surface area contributed by atoms with Gasteiger partial charge in [0.05, 0.1) is 30.8 Å². The molecule has 1 N–H and O–H groups in total. The molecule has 0 spiro atoms. The Kier molecular flexibility index (Phi) is 7.04. The van der Waals surface area contributed by atoms with Gasteiger partial charge in [-0.1, -0.05) is 30.7 Å². The summed E-state index contributed by atoms with van der Waals surface area (Å²) in [7, 11) is 1.35. The minimum Gasteiger partial charge on any atom is -0.469 e. The third kappa shape index (κ3) is 5.59. The lowest BCUT2D eigenvalue weighted by atomic mass is 10.3. The van der Waals surface area contributed by atoms with Crippen LogP contribution in [0.1, 0.15) is 13.3 Å². The van der Waals surface area contributed by atoms with Gasteiger partial charge in [-0.05, 0) is 18.7 Å². The highest BCUT2D eigenvalue weighted by molar-refractivity contribution is 6.33. The lowest BCUT2D eigenvalue weighted by Crippen LogP contribution is -2.34. The average molecular weight is 299 g/mol. The van der Waals surface area contributed by atoms with E-state index in [1.54, 1.807) is 24.3 Å². The van der Waals surface area contributed by atoms with Crippen molar-refractivity contribution < 1.29 is 14.3 Å². The molecule has 20 heavy (non-hydrogen) atoms. The highest BCUT2D eigenvalue weighted by Crippen LogP contribution is 2.20. The molecule has 0 heterocycles. The molecule has 0 aromatic heterocycles. The quantitative estimate of drug-likeness (QED) is 0.784. The van der Waals surface area contributed by atoms with Crippen molar-refractivity contribution in [2.75, 3.05) is 32.1 Å². The van der Waals surface area contributed by atoms with Crippen LogP contribution in [0.3, 0.4) is 0 Å². The van der Waals surface area contributed by atoms with Crippen molar-refractivity contribution >= 4 is 29.2 Å². The minimum atomic E-state index is -0.282. The Balaban J connectivity index is 2.47. The molecule has 1 rings (SSSR count). The second kappa shape index (κ2) is 8.55. The van der Waals surface area contributed by atoms with Crippen LogP contribution < -0.4 is 5.32 Å². The van der Waals surface area contributed by atoms with E-state index in [0.29, 0.717) is 23.8 Å². The molecule has 1 amide bonds. The average Bonchev–Trinajstić information content (AvgIpc) is 2.45. The van der Waals surface area contributed by atoms with Gasteiger partial charge in [0.15, 0.2) is 0 Å². The van der Waals surface area contributed by atoms with Gasteiger partial charge in [0.25, 0.3) is 0 Å². The first kappa shape index (κ1) is 16.5. The van der Waals surface area contributed by atoms with Gasteiger partial charge < -0.3 is 10.1 Å². The number of nitrogens with zero attached hydrogens (tertiary/aromatic N) is 1. The molecule has 0 aliphatic heterocycles. The molecule has 6 heteroatoms. The molecule has 0 atom stereocenters. The Morgan fingerprint density at radius 1 is 1.35 bits per heavy atom. The zero-order valence-electron chi connectivity index (χ0n) is 11.7. The SMILES string of the molecule is CCN(CCC(=O)OC)CC(=O)Nc1ccccc1Cl. The van der Waals surface area contributed by atoms with Gasteiger partial charge in [0.1, 0.15) is 0 Å². The van der Waals surface area contributed by atoms with Gasteiger partial charge in [-0.2, -0.15) is 0 Å². The topological polar surface area (TPSA) is 58.6 Å². The van der Waals surface area contributed by atoms with E-state index in [2.05, 4.69) is 10.1 Å². The number of hydrogen-bond donors (Lipinski definition) is 1. The zero-order chi connectivity index (χ0) is 15.0. The summed E-state index contributed by atoms with van der Waals surface area (Å²) in [5, 5.41) is 3.25. The molecule has 110 valence electrons. The maximum Gasteiger partial charge on any atom is 0.306 e. The van der Waals surface area contributed by atoms with E-state index in [9.17, 15) is 9.59 Å². The van der Waals surface area contributed by atoms with E-state index in [1.807, 2.05) is 11.8 Å². The molecule has 0 aliphatic carbocycles. The molecule has 0 saturated carbocycles. The van der Waals surface area contributed by atoms with Gasteiger partial charge in [0, 0.05) is 6.54 Å². The van der Waals surface area contributed by atoms with Crippen LogP contribution in [0.15, 0.2) is 24.3 Å². The summed E-state index contributed by atoms with van der Waals surface area (Å²) in [6, 6.07) is 7.06. The van der Waals surface area contributed by atoms with Crippen molar-refractivity contribution in [2.45, 2.75) is 13.3 Å². The van der Waals surface area contributed by atoms with Crippen molar-refractivity contribution in [2.24, 2.45) is 0 Å². The van der Waals surface area contributed by atoms with Gasteiger partial charge >= 0.3 is 5.97 Å². The number of nitrogens with one attached hydrogen (secondary N) is 1. The zero-order valence-corrected chi connectivity index (χ0v) is 12.4. The summed E-state index contributed by atoms with van der Waals surface area (Å²) in [6.07, 6.45) is 0.268. The number of anilines is 1. The Labute approximate surface area is 123 Å². The summed E-state index contributed by atoms with van der Waals surface area (Å²) < 4.78 is 4.58. The van der Waals surface area contributed by atoms with Gasteiger partial charge in [-0.15, -0.1) is 0 Å². The van der Waals surface area contributed by atoms with E-state index < -0.39 is 0 Å². The molecule has 5 nitrogen and oxygen atoms in total. The van der Waals surface area contributed by atoms with E-state index in [1.165, 1.54) is 7.11 Å². The predicted molar refractivity (Wildman–Crippen MR) is 78.8 cm³/mol. The number of amides is 1. The molecule has 0 fully saturated rings. The smallest absolute Gasteiger partial charge is 0.306 e. The Morgan fingerprint density at radius 2 is 2.05 bits per heavy atom. The number of benzene rings is 1. The fraction of sp³-hybridized carbons (Fsp3) is 0.429. The number of carbonyl (C=O) groups is 2. The summed E-state index contributed by atoms with van der Waals surface area (Å²) >= 11 is 5.97. The van der Waals surface area contributed by atoms with Crippen LogP contribution in [0.25, 0.3) is 0 Å².